The van der Waals surface area contributed by atoms with Crippen LogP contribution in [0.25, 0.3) is 0 Å². The molecule has 1 N–H and O–H groups in total. The molecule has 1 aromatic heterocycles. The number of hydrogen-bond acceptors (Lipinski definition) is 4. The van der Waals surface area contributed by atoms with Gasteiger partial charge in [-0.25, -0.2) is 4.98 Å². The van der Waals surface area contributed by atoms with E-state index < -0.39 is 0 Å². The molecule has 1 aromatic rings. The summed E-state index contributed by atoms with van der Waals surface area (Å²) in [5.41, 5.74) is 3.17. The van der Waals surface area contributed by atoms with Crippen LogP contribution in [0.5, 0.6) is 0 Å². The third-order valence-corrected chi connectivity index (χ3v) is 3.80. The molecule has 0 aromatic carbocycles. The third kappa shape index (κ3) is 3.26. The van der Waals surface area contributed by atoms with Crippen LogP contribution in [0, 0.1) is 0 Å². The van der Waals surface area contributed by atoms with Gasteiger partial charge >= 0.3 is 0 Å². The molecule has 2 heterocycles. The van der Waals surface area contributed by atoms with Gasteiger partial charge in [0.1, 0.15) is 0 Å². The molecule has 0 atom stereocenters. The minimum Gasteiger partial charge on any atom is -0.317 e. The summed E-state index contributed by atoms with van der Waals surface area (Å²) < 4.78 is 0. The van der Waals surface area contributed by atoms with Crippen LogP contribution >= 0.6 is 11.3 Å². The topological polar surface area (TPSA) is 28.2 Å². The van der Waals surface area contributed by atoms with Gasteiger partial charge in [-0.3, -0.25) is 0 Å². The van der Waals surface area contributed by atoms with Gasteiger partial charge in [0.05, 0.1) is 11.2 Å². The maximum atomic E-state index is 4.31. The first kappa shape index (κ1) is 11.0. The summed E-state index contributed by atoms with van der Waals surface area (Å²) in [5, 5.41) is 5.51. The zero-order valence-electron chi connectivity index (χ0n) is 9.28. The van der Waals surface area contributed by atoms with Crippen molar-refractivity contribution in [3.63, 3.8) is 0 Å². The summed E-state index contributed by atoms with van der Waals surface area (Å²) in [6.07, 6.45) is 3.68. The van der Waals surface area contributed by atoms with Crippen molar-refractivity contribution in [1.29, 1.82) is 0 Å². The van der Waals surface area contributed by atoms with Crippen molar-refractivity contribution in [2.24, 2.45) is 0 Å². The van der Waals surface area contributed by atoms with Crippen LogP contribution in [-0.4, -0.2) is 42.6 Å². The Balaban J connectivity index is 1.69. The molecule has 1 aliphatic heterocycles. The summed E-state index contributed by atoms with van der Waals surface area (Å²) in [6, 6.07) is 0.737. The van der Waals surface area contributed by atoms with E-state index in [1.54, 1.807) is 11.3 Å². The van der Waals surface area contributed by atoms with Crippen LogP contribution in [0.3, 0.4) is 0 Å². The van der Waals surface area contributed by atoms with Gasteiger partial charge in [0.25, 0.3) is 0 Å². The SMILES string of the molecule is CNC1CCN(CCc2cscn2)CC1. The molecule has 0 amide bonds. The molecule has 4 heteroatoms. The summed E-state index contributed by atoms with van der Waals surface area (Å²) in [4.78, 5) is 6.86. The van der Waals surface area contributed by atoms with Crippen LogP contribution in [0.15, 0.2) is 10.9 Å². The average Bonchev–Trinajstić information content (AvgIpc) is 2.80. The molecule has 0 saturated carbocycles. The van der Waals surface area contributed by atoms with Gasteiger partial charge in [-0.1, -0.05) is 0 Å². The minimum atomic E-state index is 0.737. The van der Waals surface area contributed by atoms with Crippen LogP contribution in [0.1, 0.15) is 18.5 Å². The van der Waals surface area contributed by atoms with Crippen molar-refractivity contribution in [1.82, 2.24) is 15.2 Å². The highest BCUT2D eigenvalue weighted by Gasteiger charge is 2.17. The number of nitrogens with one attached hydrogen (secondary N) is 1. The highest BCUT2D eigenvalue weighted by molar-refractivity contribution is 7.07. The van der Waals surface area contributed by atoms with E-state index in [9.17, 15) is 0 Å². The van der Waals surface area contributed by atoms with Gasteiger partial charge in [-0.15, -0.1) is 11.3 Å². The highest BCUT2D eigenvalue weighted by Crippen LogP contribution is 2.11. The van der Waals surface area contributed by atoms with Crippen molar-refractivity contribution in [2.75, 3.05) is 26.7 Å². The van der Waals surface area contributed by atoms with Crippen molar-refractivity contribution in [3.8, 4) is 0 Å². The van der Waals surface area contributed by atoms with Gasteiger partial charge in [-0.05, 0) is 33.0 Å². The number of aromatic nitrogens is 1. The Bertz CT molecular complexity index is 265. The van der Waals surface area contributed by atoms with E-state index in [4.69, 9.17) is 0 Å². The maximum absolute atomic E-state index is 4.31. The van der Waals surface area contributed by atoms with Crippen molar-refractivity contribution >= 4 is 11.3 Å². The number of rotatable bonds is 4. The monoisotopic (exact) mass is 225 g/mol. The van der Waals surface area contributed by atoms with Crippen LogP contribution in [0.2, 0.25) is 0 Å². The molecule has 0 unspecified atom stereocenters. The second-order valence-electron chi connectivity index (χ2n) is 4.13. The smallest absolute Gasteiger partial charge is 0.0794 e. The largest absolute Gasteiger partial charge is 0.317 e. The number of piperidine rings is 1. The Labute approximate surface area is 95.5 Å². The van der Waals surface area contributed by atoms with E-state index in [1.165, 1.54) is 38.2 Å². The van der Waals surface area contributed by atoms with Crippen LogP contribution in [0.4, 0.5) is 0 Å². The molecule has 1 saturated heterocycles. The Kier molecular flexibility index (Phi) is 4.11. The van der Waals surface area contributed by atoms with E-state index in [2.05, 4.69) is 27.6 Å². The molecule has 3 nitrogen and oxygen atoms in total. The standard InChI is InChI=1S/C11H19N3S/c1-12-10-2-5-14(6-3-10)7-4-11-8-15-9-13-11/h8-10,12H,2-7H2,1H3. The van der Waals surface area contributed by atoms with Crippen molar-refractivity contribution in [2.45, 2.75) is 25.3 Å². The van der Waals surface area contributed by atoms with Gasteiger partial charge in [0, 0.05) is 24.4 Å². The van der Waals surface area contributed by atoms with E-state index in [0.717, 1.165) is 12.5 Å². The second-order valence-corrected chi connectivity index (χ2v) is 4.85. The van der Waals surface area contributed by atoms with Crippen molar-refractivity contribution < 1.29 is 0 Å². The normalized spacial score (nSPS) is 19.5. The third-order valence-electron chi connectivity index (χ3n) is 3.16. The van der Waals surface area contributed by atoms with Gasteiger partial charge < -0.3 is 10.2 Å². The minimum absolute atomic E-state index is 0.737. The lowest BCUT2D eigenvalue weighted by molar-refractivity contribution is 0.203. The summed E-state index contributed by atoms with van der Waals surface area (Å²) in [7, 11) is 2.07. The molecular weight excluding hydrogens is 206 g/mol. The fraction of sp³-hybridized carbons (Fsp3) is 0.727. The fourth-order valence-corrected chi connectivity index (χ4v) is 2.67. The fourth-order valence-electron chi connectivity index (χ4n) is 2.08. The number of hydrogen-bond donors (Lipinski definition) is 1. The molecule has 0 aliphatic carbocycles. The molecule has 0 bridgehead atoms. The number of likely N-dealkylation sites (tertiary alicyclic amines) is 1. The Morgan fingerprint density at radius 2 is 2.33 bits per heavy atom. The molecule has 0 spiro atoms. The lowest BCUT2D eigenvalue weighted by Crippen LogP contribution is -2.41. The molecule has 1 aliphatic rings. The molecule has 0 radical (unpaired) electrons. The number of thiazole rings is 1. The lowest BCUT2D eigenvalue weighted by Gasteiger charge is -2.31. The first-order valence-electron chi connectivity index (χ1n) is 5.65. The predicted molar refractivity (Wildman–Crippen MR) is 64.3 cm³/mol. The molecular formula is C11H19N3S. The first-order valence-corrected chi connectivity index (χ1v) is 6.59. The van der Waals surface area contributed by atoms with Gasteiger partial charge in [0.2, 0.25) is 0 Å². The summed E-state index contributed by atoms with van der Waals surface area (Å²) in [6.45, 7) is 3.63. The van der Waals surface area contributed by atoms with Crippen LogP contribution in [-0.2, 0) is 6.42 Å². The van der Waals surface area contributed by atoms with E-state index in [0.29, 0.717) is 0 Å². The lowest BCUT2D eigenvalue weighted by atomic mass is 10.1. The second kappa shape index (κ2) is 5.58. The van der Waals surface area contributed by atoms with E-state index >= 15 is 0 Å². The summed E-state index contributed by atoms with van der Waals surface area (Å²) in [5.74, 6) is 0. The molecule has 84 valence electrons. The van der Waals surface area contributed by atoms with Gasteiger partial charge in [0.15, 0.2) is 0 Å². The van der Waals surface area contributed by atoms with E-state index in [1.807, 2.05) is 5.51 Å². The van der Waals surface area contributed by atoms with Gasteiger partial charge in [-0.2, -0.15) is 0 Å². The Hall–Kier alpha value is -0.450. The molecule has 2 rings (SSSR count). The molecule has 15 heavy (non-hydrogen) atoms. The Morgan fingerprint density at radius 3 is 2.93 bits per heavy atom. The Morgan fingerprint density at radius 1 is 1.53 bits per heavy atom. The molecule has 1 fully saturated rings. The zero-order valence-corrected chi connectivity index (χ0v) is 10.1. The van der Waals surface area contributed by atoms with Crippen LogP contribution < -0.4 is 5.32 Å². The highest BCUT2D eigenvalue weighted by atomic mass is 32.1. The average molecular weight is 225 g/mol. The van der Waals surface area contributed by atoms with Crippen molar-refractivity contribution in [3.05, 3.63) is 16.6 Å². The zero-order chi connectivity index (χ0) is 10.5. The number of nitrogens with zero attached hydrogens (tertiary/aromatic N) is 2. The maximum Gasteiger partial charge on any atom is 0.0794 e. The quantitative estimate of drug-likeness (QED) is 0.839. The van der Waals surface area contributed by atoms with E-state index in [-0.39, 0.29) is 0 Å². The predicted octanol–water partition coefficient (Wildman–Crippen LogP) is 1.37. The first-order chi connectivity index (χ1) is 7.38. The summed E-state index contributed by atoms with van der Waals surface area (Å²) >= 11 is 1.69.